The summed E-state index contributed by atoms with van der Waals surface area (Å²) in [7, 11) is -2.21. The van der Waals surface area contributed by atoms with E-state index in [1.807, 2.05) is 0 Å². The molecule has 3 rings (SSSR count). The van der Waals surface area contributed by atoms with Crippen molar-refractivity contribution in [3.05, 3.63) is 60.2 Å². The van der Waals surface area contributed by atoms with Gasteiger partial charge in [-0.15, -0.1) is 0 Å². The molecule has 0 aliphatic heterocycles. The quantitative estimate of drug-likeness (QED) is 0.727. The van der Waals surface area contributed by atoms with Crippen LogP contribution >= 0.6 is 0 Å². The van der Waals surface area contributed by atoms with E-state index in [-0.39, 0.29) is 11.4 Å². The molecule has 1 aliphatic carbocycles. The molecule has 30 heavy (non-hydrogen) atoms. The monoisotopic (exact) mass is 432 g/mol. The second-order valence-corrected chi connectivity index (χ2v) is 10.5. The van der Waals surface area contributed by atoms with E-state index in [1.54, 1.807) is 82.5 Å². The van der Waals surface area contributed by atoms with Crippen LogP contribution in [0.3, 0.4) is 0 Å². The van der Waals surface area contributed by atoms with Crippen LogP contribution in [0.2, 0.25) is 0 Å². The van der Waals surface area contributed by atoms with Gasteiger partial charge in [-0.3, -0.25) is 0 Å². The predicted molar refractivity (Wildman–Crippen MR) is 114 cm³/mol. The van der Waals surface area contributed by atoms with E-state index in [4.69, 9.17) is 15.2 Å². The van der Waals surface area contributed by atoms with Crippen LogP contribution < -0.4 is 15.8 Å². The summed E-state index contributed by atoms with van der Waals surface area (Å²) in [6.07, 6.45) is -0.697. The minimum atomic E-state index is -3.77. The summed E-state index contributed by atoms with van der Waals surface area (Å²) < 4.78 is 37.5. The Hall–Kier alpha value is -2.58. The van der Waals surface area contributed by atoms with Crippen LogP contribution in [0.1, 0.15) is 32.3 Å². The highest BCUT2D eigenvalue weighted by molar-refractivity contribution is 7.92. The maximum absolute atomic E-state index is 13.5. The lowest BCUT2D eigenvalue weighted by Gasteiger charge is -2.24. The van der Waals surface area contributed by atoms with E-state index in [1.165, 1.54) is 0 Å². The standard InChI is InChI=1S/C22H28N2O5S/c1-21(2,3)29-20(25)24-22(14-23)18(15-10-12-16(28-4)13-11-15)19(22)30(26,27)17-8-6-5-7-9-17/h5-13,18-19H,14,23H2,1-4H3,(H,24,25)/t18-,19-,22-/m1/s1. The van der Waals surface area contributed by atoms with Gasteiger partial charge in [-0.25, -0.2) is 13.2 Å². The number of carbonyl (C=O) groups is 1. The van der Waals surface area contributed by atoms with Crippen molar-refractivity contribution < 1.29 is 22.7 Å². The smallest absolute Gasteiger partial charge is 0.408 e. The fraction of sp³-hybridized carbons (Fsp3) is 0.409. The zero-order valence-corrected chi connectivity index (χ0v) is 18.4. The first-order chi connectivity index (χ1) is 14.0. The van der Waals surface area contributed by atoms with Gasteiger partial charge in [0, 0.05) is 12.5 Å². The van der Waals surface area contributed by atoms with E-state index in [2.05, 4.69) is 5.32 Å². The molecule has 1 amide bonds. The van der Waals surface area contributed by atoms with Crippen molar-refractivity contribution in [1.82, 2.24) is 5.32 Å². The molecule has 1 fully saturated rings. The molecule has 2 aromatic rings. The lowest BCUT2D eigenvalue weighted by molar-refractivity contribution is 0.0497. The molecular weight excluding hydrogens is 404 g/mol. The van der Waals surface area contributed by atoms with E-state index in [0.29, 0.717) is 5.75 Å². The maximum atomic E-state index is 13.5. The summed E-state index contributed by atoms with van der Waals surface area (Å²) in [5.41, 5.74) is 4.92. The van der Waals surface area contributed by atoms with Crippen molar-refractivity contribution in [2.24, 2.45) is 5.73 Å². The van der Waals surface area contributed by atoms with Crippen LogP contribution in [-0.4, -0.2) is 44.6 Å². The third-order valence-corrected chi connectivity index (χ3v) is 7.50. The number of benzene rings is 2. The Morgan fingerprint density at radius 1 is 1.10 bits per heavy atom. The second-order valence-electron chi connectivity index (χ2n) is 8.40. The number of ether oxygens (including phenoxy) is 2. The van der Waals surface area contributed by atoms with Gasteiger partial charge in [0.15, 0.2) is 9.84 Å². The van der Waals surface area contributed by atoms with Gasteiger partial charge in [-0.2, -0.15) is 0 Å². The molecule has 3 atom stereocenters. The molecule has 8 heteroatoms. The molecule has 0 spiro atoms. The largest absolute Gasteiger partial charge is 0.497 e. The highest BCUT2D eigenvalue weighted by atomic mass is 32.2. The number of methoxy groups -OCH3 is 1. The fourth-order valence-electron chi connectivity index (χ4n) is 3.84. The normalized spacial score (nSPS) is 23.5. The molecule has 0 unspecified atom stereocenters. The molecule has 0 heterocycles. The summed E-state index contributed by atoms with van der Waals surface area (Å²) in [5.74, 6) is 0.131. The van der Waals surface area contributed by atoms with Gasteiger partial charge >= 0.3 is 6.09 Å². The van der Waals surface area contributed by atoms with Gasteiger partial charge in [0.05, 0.1) is 17.5 Å². The Kier molecular flexibility index (Phi) is 5.84. The van der Waals surface area contributed by atoms with Crippen molar-refractivity contribution in [3.8, 4) is 5.75 Å². The first-order valence-corrected chi connectivity index (χ1v) is 11.2. The Balaban J connectivity index is 2.02. The van der Waals surface area contributed by atoms with Crippen LogP contribution in [0.4, 0.5) is 4.79 Å². The lowest BCUT2D eigenvalue weighted by Crippen LogP contribution is -2.49. The van der Waals surface area contributed by atoms with Crippen LogP contribution in [0, 0.1) is 0 Å². The van der Waals surface area contributed by atoms with Crippen molar-refractivity contribution in [3.63, 3.8) is 0 Å². The number of hydrogen-bond acceptors (Lipinski definition) is 6. The van der Waals surface area contributed by atoms with Crippen LogP contribution in [-0.2, 0) is 14.6 Å². The maximum Gasteiger partial charge on any atom is 0.408 e. The highest BCUT2D eigenvalue weighted by Crippen LogP contribution is 2.57. The van der Waals surface area contributed by atoms with Gasteiger partial charge in [-0.1, -0.05) is 30.3 Å². The number of sulfone groups is 1. The number of nitrogens with two attached hydrogens (primary N) is 1. The average Bonchev–Trinajstić information content (AvgIpc) is 3.36. The molecule has 0 bridgehead atoms. The molecule has 0 radical (unpaired) electrons. The van der Waals surface area contributed by atoms with E-state index in [0.717, 1.165) is 5.56 Å². The van der Waals surface area contributed by atoms with E-state index < -0.39 is 38.2 Å². The molecule has 2 aromatic carbocycles. The molecular formula is C22H28N2O5S. The zero-order chi connectivity index (χ0) is 22.2. The fourth-order valence-corrected chi connectivity index (χ4v) is 6.20. The number of nitrogens with one attached hydrogen (secondary N) is 1. The van der Waals surface area contributed by atoms with Gasteiger partial charge < -0.3 is 20.5 Å². The number of amides is 1. The van der Waals surface area contributed by atoms with Crippen molar-refractivity contribution in [2.75, 3.05) is 13.7 Å². The summed E-state index contributed by atoms with van der Waals surface area (Å²) in [5, 5.41) is 1.86. The molecule has 7 nitrogen and oxygen atoms in total. The highest BCUT2D eigenvalue weighted by Gasteiger charge is 2.71. The SMILES string of the molecule is COc1ccc([C@@H]2[C@@H](S(=O)(=O)c3ccccc3)[C@]2(CN)NC(=O)OC(C)(C)C)cc1. The van der Waals surface area contributed by atoms with E-state index >= 15 is 0 Å². The lowest BCUT2D eigenvalue weighted by atomic mass is 10.1. The summed E-state index contributed by atoms with van der Waals surface area (Å²) in [4.78, 5) is 12.7. The second kappa shape index (κ2) is 7.92. The number of hydrogen-bond donors (Lipinski definition) is 2. The van der Waals surface area contributed by atoms with Crippen molar-refractivity contribution in [1.29, 1.82) is 0 Å². The zero-order valence-electron chi connectivity index (χ0n) is 17.6. The van der Waals surface area contributed by atoms with Crippen molar-refractivity contribution in [2.45, 2.75) is 48.0 Å². The average molecular weight is 433 g/mol. The Bertz CT molecular complexity index is 1000. The summed E-state index contributed by atoms with van der Waals surface area (Å²) >= 11 is 0. The molecule has 1 aliphatic rings. The molecule has 3 N–H and O–H groups in total. The topological polar surface area (TPSA) is 108 Å². The van der Waals surface area contributed by atoms with Crippen LogP contribution in [0.5, 0.6) is 5.75 Å². The van der Waals surface area contributed by atoms with Crippen LogP contribution in [0.25, 0.3) is 0 Å². The molecule has 162 valence electrons. The third-order valence-electron chi connectivity index (χ3n) is 5.21. The van der Waals surface area contributed by atoms with Gasteiger partial charge in [-0.05, 0) is 50.6 Å². The van der Waals surface area contributed by atoms with Crippen molar-refractivity contribution >= 4 is 15.9 Å². The van der Waals surface area contributed by atoms with E-state index in [9.17, 15) is 13.2 Å². The molecule has 0 aromatic heterocycles. The Morgan fingerprint density at radius 3 is 2.20 bits per heavy atom. The number of carbonyl (C=O) groups excluding carboxylic acids is 1. The number of alkyl carbamates (subject to hydrolysis) is 1. The first-order valence-electron chi connectivity index (χ1n) is 9.69. The van der Waals surface area contributed by atoms with Gasteiger partial charge in [0.25, 0.3) is 0 Å². The minimum Gasteiger partial charge on any atom is -0.497 e. The number of rotatable bonds is 6. The summed E-state index contributed by atoms with van der Waals surface area (Å²) in [6, 6.07) is 15.3. The van der Waals surface area contributed by atoms with Gasteiger partial charge in [0.2, 0.25) is 0 Å². The minimum absolute atomic E-state index is 0.0559. The molecule has 1 saturated carbocycles. The van der Waals surface area contributed by atoms with Gasteiger partial charge in [0.1, 0.15) is 16.6 Å². The molecule has 0 saturated heterocycles. The predicted octanol–water partition coefficient (Wildman–Crippen LogP) is 2.86. The summed E-state index contributed by atoms with van der Waals surface area (Å²) in [6.45, 7) is 5.18. The Labute approximate surface area is 177 Å². The van der Waals surface area contributed by atoms with Crippen LogP contribution in [0.15, 0.2) is 59.5 Å². The Morgan fingerprint density at radius 2 is 1.70 bits per heavy atom. The first kappa shape index (κ1) is 22.1. The third kappa shape index (κ3) is 4.15.